The van der Waals surface area contributed by atoms with E-state index in [1.165, 1.54) is 5.56 Å². The molecule has 1 spiro atoms. The molecule has 37 heavy (non-hydrogen) atoms. The number of likely N-dealkylation sites (tertiary alicyclic amines) is 1. The molecule has 7 heteroatoms. The number of amides is 2. The molecule has 0 unspecified atom stereocenters. The number of hydrogen-bond acceptors (Lipinski definition) is 4. The van der Waals surface area contributed by atoms with Crippen LogP contribution in [0.15, 0.2) is 60.9 Å². The number of carbonyl (C=O) groups excluding carboxylic acids is 2. The zero-order valence-electron chi connectivity index (χ0n) is 21.8. The van der Waals surface area contributed by atoms with Crippen LogP contribution in [-0.2, 0) is 11.2 Å². The number of aromatic nitrogens is 2. The highest BCUT2D eigenvalue weighted by molar-refractivity contribution is 5.95. The largest absolute Gasteiger partial charge is 0.491 e. The number of hydrogen-bond donors (Lipinski definition) is 1. The number of para-hydroxylation sites is 1. The monoisotopic (exact) mass is 500 g/mol. The van der Waals surface area contributed by atoms with Crippen molar-refractivity contribution in [3.8, 4) is 11.4 Å². The summed E-state index contributed by atoms with van der Waals surface area (Å²) in [5, 5.41) is 7.54. The van der Waals surface area contributed by atoms with Crippen molar-refractivity contribution in [2.75, 3.05) is 19.7 Å². The number of carbonyl (C=O) groups is 2. The van der Waals surface area contributed by atoms with E-state index >= 15 is 0 Å². The van der Waals surface area contributed by atoms with Crippen molar-refractivity contribution >= 4 is 11.8 Å². The standard InChI is InChI=1S/C30H36N4O3/c1-22-11-12-25(20-26(22)34-17-7-16-31-34)28(35)33-18-14-30(15-19-33)13-6-5-9-24-8-3-4-10-27(24)37-21-23(2)32-29(30)36/h3-4,7-8,10-12,16-17,20,23H,5-6,9,13-15,18-19,21H2,1-2H3,(H,32,36)/t23-/m0/s1. The third-order valence-corrected chi connectivity index (χ3v) is 7.89. The van der Waals surface area contributed by atoms with Crippen molar-refractivity contribution in [1.29, 1.82) is 0 Å². The minimum Gasteiger partial charge on any atom is -0.491 e. The lowest BCUT2D eigenvalue weighted by molar-refractivity contribution is -0.135. The first-order valence-corrected chi connectivity index (χ1v) is 13.4. The van der Waals surface area contributed by atoms with Gasteiger partial charge in [0.25, 0.3) is 5.91 Å². The van der Waals surface area contributed by atoms with Crippen LogP contribution < -0.4 is 10.1 Å². The van der Waals surface area contributed by atoms with Crippen LogP contribution in [0.4, 0.5) is 0 Å². The van der Waals surface area contributed by atoms with Gasteiger partial charge in [-0.05, 0) is 81.3 Å². The fourth-order valence-electron chi connectivity index (χ4n) is 5.57. The summed E-state index contributed by atoms with van der Waals surface area (Å²) in [6.07, 6.45) is 8.72. The second-order valence-corrected chi connectivity index (χ2v) is 10.5. The van der Waals surface area contributed by atoms with Gasteiger partial charge in [0.2, 0.25) is 5.91 Å². The molecule has 1 saturated heterocycles. The van der Waals surface area contributed by atoms with Gasteiger partial charge in [0.05, 0.1) is 17.1 Å². The van der Waals surface area contributed by atoms with Gasteiger partial charge in [-0.2, -0.15) is 5.10 Å². The molecule has 1 atom stereocenters. The van der Waals surface area contributed by atoms with Crippen molar-refractivity contribution in [2.24, 2.45) is 5.41 Å². The maximum absolute atomic E-state index is 13.5. The average Bonchev–Trinajstić information content (AvgIpc) is 3.45. The fourth-order valence-corrected chi connectivity index (χ4v) is 5.57. The van der Waals surface area contributed by atoms with E-state index in [1.54, 1.807) is 10.9 Å². The summed E-state index contributed by atoms with van der Waals surface area (Å²) in [7, 11) is 0. The molecule has 5 rings (SSSR count). The Balaban J connectivity index is 1.28. The van der Waals surface area contributed by atoms with Gasteiger partial charge in [-0.25, -0.2) is 4.68 Å². The molecule has 1 fully saturated rings. The Kier molecular flexibility index (Phi) is 7.31. The van der Waals surface area contributed by atoms with Gasteiger partial charge in [0.1, 0.15) is 12.4 Å². The van der Waals surface area contributed by atoms with E-state index in [0.717, 1.165) is 42.7 Å². The van der Waals surface area contributed by atoms with Crippen LogP contribution in [0.5, 0.6) is 5.75 Å². The van der Waals surface area contributed by atoms with Crippen molar-refractivity contribution in [2.45, 2.75) is 58.4 Å². The molecule has 3 heterocycles. The van der Waals surface area contributed by atoms with Crippen LogP contribution >= 0.6 is 0 Å². The quantitative estimate of drug-likeness (QED) is 0.553. The summed E-state index contributed by atoms with van der Waals surface area (Å²) in [6.45, 7) is 5.60. The number of aryl methyl sites for hydroxylation is 2. The van der Waals surface area contributed by atoms with Crippen molar-refractivity contribution in [3.63, 3.8) is 0 Å². The number of benzene rings is 2. The Hall–Kier alpha value is -3.61. The summed E-state index contributed by atoms with van der Waals surface area (Å²) in [5.74, 6) is 1.02. The lowest BCUT2D eigenvalue weighted by Crippen LogP contribution is -2.52. The molecule has 0 aliphatic carbocycles. The van der Waals surface area contributed by atoms with E-state index < -0.39 is 5.41 Å². The van der Waals surface area contributed by atoms with Crippen LogP contribution in [-0.4, -0.2) is 52.2 Å². The molecular formula is C30H36N4O3. The molecule has 194 valence electrons. The first kappa shape index (κ1) is 25.1. The summed E-state index contributed by atoms with van der Waals surface area (Å²) in [6, 6.07) is 15.7. The summed E-state index contributed by atoms with van der Waals surface area (Å²) < 4.78 is 7.85. The number of rotatable bonds is 2. The van der Waals surface area contributed by atoms with Crippen molar-refractivity contribution in [3.05, 3.63) is 77.6 Å². The Bertz CT molecular complexity index is 1250. The van der Waals surface area contributed by atoms with Gasteiger partial charge in [-0.1, -0.05) is 30.7 Å². The lowest BCUT2D eigenvalue weighted by atomic mass is 9.73. The summed E-state index contributed by atoms with van der Waals surface area (Å²) >= 11 is 0. The molecule has 1 N–H and O–H groups in total. The van der Waals surface area contributed by atoms with E-state index in [-0.39, 0.29) is 17.9 Å². The molecule has 7 nitrogen and oxygen atoms in total. The molecular weight excluding hydrogens is 464 g/mol. The molecule has 2 aromatic carbocycles. The maximum atomic E-state index is 13.5. The van der Waals surface area contributed by atoms with Crippen LogP contribution in [0.3, 0.4) is 0 Å². The number of nitrogens with one attached hydrogen (secondary N) is 1. The van der Waals surface area contributed by atoms with Gasteiger partial charge >= 0.3 is 0 Å². The van der Waals surface area contributed by atoms with Gasteiger partial charge < -0.3 is 15.0 Å². The lowest BCUT2D eigenvalue weighted by Gasteiger charge is -2.41. The van der Waals surface area contributed by atoms with Crippen LogP contribution in [0.1, 0.15) is 60.5 Å². The van der Waals surface area contributed by atoms with E-state index in [1.807, 2.05) is 61.3 Å². The van der Waals surface area contributed by atoms with E-state index in [4.69, 9.17) is 4.74 Å². The Morgan fingerprint density at radius 3 is 2.68 bits per heavy atom. The molecule has 3 aromatic rings. The van der Waals surface area contributed by atoms with Crippen LogP contribution in [0.25, 0.3) is 5.69 Å². The third-order valence-electron chi connectivity index (χ3n) is 7.89. The predicted molar refractivity (Wildman–Crippen MR) is 143 cm³/mol. The van der Waals surface area contributed by atoms with Crippen LogP contribution in [0, 0.1) is 12.3 Å². The molecule has 0 saturated carbocycles. The highest BCUT2D eigenvalue weighted by Gasteiger charge is 2.42. The minimum atomic E-state index is -0.447. The number of fused-ring (bicyclic) bond motifs is 1. The van der Waals surface area contributed by atoms with E-state index in [2.05, 4.69) is 22.5 Å². The topological polar surface area (TPSA) is 76.5 Å². The van der Waals surface area contributed by atoms with Crippen LogP contribution in [0.2, 0.25) is 0 Å². The normalized spacial score (nSPS) is 20.2. The van der Waals surface area contributed by atoms with Gasteiger partial charge in [0.15, 0.2) is 0 Å². The summed E-state index contributed by atoms with van der Waals surface area (Å²) in [5.41, 5.74) is 3.39. The molecule has 0 bridgehead atoms. The zero-order chi connectivity index (χ0) is 25.8. The average molecular weight is 501 g/mol. The Morgan fingerprint density at radius 2 is 1.89 bits per heavy atom. The summed E-state index contributed by atoms with van der Waals surface area (Å²) in [4.78, 5) is 28.9. The first-order valence-electron chi connectivity index (χ1n) is 13.4. The molecule has 0 radical (unpaired) electrons. The number of ether oxygens (including phenoxy) is 1. The second kappa shape index (κ2) is 10.8. The highest BCUT2D eigenvalue weighted by atomic mass is 16.5. The maximum Gasteiger partial charge on any atom is 0.253 e. The minimum absolute atomic E-state index is 0.00944. The van der Waals surface area contributed by atoms with E-state index in [9.17, 15) is 9.59 Å². The second-order valence-electron chi connectivity index (χ2n) is 10.5. The molecule has 2 aliphatic heterocycles. The highest BCUT2D eigenvalue weighted by Crippen LogP contribution is 2.38. The SMILES string of the molecule is Cc1ccc(C(=O)N2CCC3(CCCCc4ccccc4OC[C@H](C)NC3=O)CC2)cc1-n1cccn1. The van der Waals surface area contributed by atoms with Gasteiger partial charge in [-0.3, -0.25) is 9.59 Å². The Labute approximate surface area is 218 Å². The fraction of sp³-hybridized carbons (Fsp3) is 0.433. The Morgan fingerprint density at radius 1 is 1.08 bits per heavy atom. The zero-order valence-corrected chi connectivity index (χ0v) is 21.8. The number of piperidine rings is 1. The molecule has 1 aromatic heterocycles. The van der Waals surface area contributed by atoms with Gasteiger partial charge in [0, 0.05) is 31.0 Å². The predicted octanol–water partition coefficient (Wildman–Crippen LogP) is 4.71. The van der Waals surface area contributed by atoms with Crippen molar-refractivity contribution in [1.82, 2.24) is 20.0 Å². The number of nitrogens with zero attached hydrogens (tertiary/aromatic N) is 3. The molecule has 2 aliphatic rings. The third kappa shape index (κ3) is 5.41. The smallest absolute Gasteiger partial charge is 0.253 e. The molecule has 2 amide bonds. The van der Waals surface area contributed by atoms with E-state index in [0.29, 0.717) is 38.1 Å². The first-order chi connectivity index (χ1) is 17.9. The van der Waals surface area contributed by atoms with Gasteiger partial charge in [-0.15, -0.1) is 0 Å². The van der Waals surface area contributed by atoms with Crippen molar-refractivity contribution < 1.29 is 14.3 Å².